The number of hydrogen-bond acceptors (Lipinski definition) is 5. The molecule has 0 amide bonds. The first-order valence-electron chi connectivity index (χ1n) is 9.00. The van der Waals surface area contributed by atoms with Crippen molar-refractivity contribution in [2.24, 2.45) is 4.99 Å². The topological polar surface area (TPSA) is 65.0 Å². The van der Waals surface area contributed by atoms with Crippen LogP contribution in [0.4, 0.5) is 0 Å². The first-order chi connectivity index (χ1) is 13.5. The number of carbonyl (C=O) groups is 2. The van der Waals surface area contributed by atoms with Crippen LogP contribution >= 0.6 is 11.6 Å². The Balaban J connectivity index is 2.22. The lowest BCUT2D eigenvalue weighted by molar-refractivity contribution is -0.160. The van der Waals surface area contributed by atoms with Crippen LogP contribution in [0.5, 0.6) is 0 Å². The molecule has 0 spiro atoms. The van der Waals surface area contributed by atoms with Gasteiger partial charge in [-0.15, -0.1) is 0 Å². The van der Waals surface area contributed by atoms with Gasteiger partial charge in [-0.05, 0) is 43.2 Å². The van der Waals surface area contributed by atoms with Crippen LogP contribution in [0.25, 0.3) is 5.57 Å². The fourth-order valence-corrected chi connectivity index (χ4v) is 3.18. The molecule has 1 heterocycles. The average Bonchev–Trinajstić information content (AvgIpc) is 3.12. The molecule has 0 fully saturated rings. The van der Waals surface area contributed by atoms with E-state index in [1.54, 1.807) is 44.2 Å². The maximum atomic E-state index is 13.0. The largest absolute Gasteiger partial charge is 0.463 e. The Morgan fingerprint density at radius 1 is 0.893 bits per heavy atom. The zero-order valence-electron chi connectivity index (χ0n) is 15.6. The van der Waals surface area contributed by atoms with Crippen molar-refractivity contribution in [2.75, 3.05) is 13.2 Å². The molecular weight excluding hydrogens is 378 g/mol. The zero-order valence-corrected chi connectivity index (χ0v) is 16.4. The Morgan fingerprint density at radius 2 is 1.46 bits per heavy atom. The molecule has 2 aromatic rings. The van der Waals surface area contributed by atoms with E-state index < -0.39 is 17.5 Å². The van der Waals surface area contributed by atoms with E-state index in [1.807, 2.05) is 30.3 Å². The highest BCUT2D eigenvalue weighted by atomic mass is 35.5. The van der Waals surface area contributed by atoms with Crippen LogP contribution in [0, 0.1) is 0 Å². The second-order valence-electron chi connectivity index (χ2n) is 6.08. The summed E-state index contributed by atoms with van der Waals surface area (Å²) in [6, 6.07) is 16.2. The highest BCUT2D eigenvalue weighted by molar-refractivity contribution is 6.31. The van der Waals surface area contributed by atoms with Crippen molar-refractivity contribution in [3.8, 4) is 0 Å². The minimum Gasteiger partial charge on any atom is -0.463 e. The summed E-state index contributed by atoms with van der Waals surface area (Å²) in [5.74, 6) is -1.53. The fraction of sp³-hybridized carbons (Fsp3) is 0.227. The average molecular weight is 398 g/mol. The van der Waals surface area contributed by atoms with Crippen LogP contribution in [0.15, 0.2) is 65.7 Å². The summed E-state index contributed by atoms with van der Waals surface area (Å²) in [7, 11) is 0. The van der Waals surface area contributed by atoms with Gasteiger partial charge >= 0.3 is 11.9 Å². The molecule has 0 saturated carbocycles. The van der Waals surface area contributed by atoms with Gasteiger partial charge in [-0.25, -0.2) is 9.59 Å². The molecule has 0 N–H and O–H groups in total. The number of aliphatic imine (C=N–C) groups is 1. The van der Waals surface area contributed by atoms with Crippen LogP contribution in [0.1, 0.15) is 25.0 Å². The van der Waals surface area contributed by atoms with Gasteiger partial charge in [0.05, 0.1) is 18.9 Å². The smallest absolute Gasteiger partial charge is 0.350 e. The molecule has 0 aliphatic carbocycles. The number of hydrogen-bond donors (Lipinski definition) is 0. The Kier molecular flexibility index (Phi) is 5.95. The lowest BCUT2D eigenvalue weighted by Gasteiger charge is -2.25. The number of ether oxygens (including phenoxy) is 2. The molecule has 0 radical (unpaired) electrons. The predicted molar refractivity (Wildman–Crippen MR) is 108 cm³/mol. The van der Waals surface area contributed by atoms with E-state index in [4.69, 9.17) is 21.1 Å². The Hall–Kier alpha value is -2.92. The van der Waals surface area contributed by atoms with Crippen LogP contribution in [0.2, 0.25) is 5.02 Å². The molecule has 0 bridgehead atoms. The number of benzene rings is 2. The van der Waals surface area contributed by atoms with Gasteiger partial charge in [-0.2, -0.15) is 0 Å². The number of allylic oxidation sites excluding steroid dienone is 1. The molecule has 0 aromatic heterocycles. The number of nitrogens with zero attached hydrogens (tertiary/aromatic N) is 1. The third-order valence-corrected chi connectivity index (χ3v) is 4.58. The molecule has 0 atom stereocenters. The third kappa shape index (κ3) is 3.58. The SMILES string of the molecule is CCOC(=O)C1(C(=O)OCC)N=C(c2ccccc2)C=C1c1ccc(Cl)cc1. The summed E-state index contributed by atoms with van der Waals surface area (Å²) in [6.45, 7) is 3.59. The van der Waals surface area contributed by atoms with Gasteiger partial charge in [-0.1, -0.05) is 54.1 Å². The second-order valence-corrected chi connectivity index (χ2v) is 6.52. The summed E-state index contributed by atoms with van der Waals surface area (Å²) >= 11 is 6.01. The molecule has 3 rings (SSSR count). The molecule has 5 nitrogen and oxygen atoms in total. The van der Waals surface area contributed by atoms with E-state index in [0.717, 1.165) is 5.56 Å². The molecule has 0 saturated heterocycles. The molecule has 1 aliphatic heterocycles. The third-order valence-electron chi connectivity index (χ3n) is 4.33. The number of carbonyl (C=O) groups excluding carboxylic acids is 2. The first-order valence-corrected chi connectivity index (χ1v) is 9.38. The maximum Gasteiger partial charge on any atom is 0.350 e. The number of esters is 2. The molecule has 2 aromatic carbocycles. The standard InChI is InChI=1S/C22H20ClNO4/c1-3-27-20(25)22(21(26)28-4-2)18(15-10-12-17(23)13-11-15)14-19(24-22)16-8-6-5-7-9-16/h5-14H,3-4H2,1-2H3. The van der Waals surface area contributed by atoms with Crippen molar-refractivity contribution < 1.29 is 19.1 Å². The van der Waals surface area contributed by atoms with Crippen molar-refractivity contribution in [2.45, 2.75) is 19.4 Å². The normalized spacial score (nSPS) is 14.8. The highest BCUT2D eigenvalue weighted by Crippen LogP contribution is 2.39. The van der Waals surface area contributed by atoms with E-state index in [9.17, 15) is 9.59 Å². The molecule has 1 aliphatic rings. The Labute approximate surface area is 168 Å². The van der Waals surface area contributed by atoms with Gasteiger partial charge < -0.3 is 9.47 Å². The van der Waals surface area contributed by atoms with Crippen molar-refractivity contribution >= 4 is 34.8 Å². The van der Waals surface area contributed by atoms with Crippen molar-refractivity contribution in [1.82, 2.24) is 0 Å². The summed E-state index contributed by atoms with van der Waals surface area (Å²) in [6.07, 6.45) is 1.73. The van der Waals surface area contributed by atoms with Gasteiger partial charge in [0.25, 0.3) is 5.54 Å². The Morgan fingerprint density at radius 3 is 2.00 bits per heavy atom. The van der Waals surface area contributed by atoms with E-state index in [2.05, 4.69) is 4.99 Å². The lowest BCUT2D eigenvalue weighted by atomic mass is 9.86. The summed E-state index contributed by atoms with van der Waals surface area (Å²) in [5.41, 5.74) is 0.418. The summed E-state index contributed by atoms with van der Waals surface area (Å²) in [4.78, 5) is 30.6. The van der Waals surface area contributed by atoms with E-state index in [-0.39, 0.29) is 13.2 Å². The van der Waals surface area contributed by atoms with Gasteiger partial charge in [0.2, 0.25) is 0 Å². The predicted octanol–water partition coefficient (Wildman–Crippen LogP) is 4.09. The molecule has 28 heavy (non-hydrogen) atoms. The second kappa shape index (κ2) is 8.40. The first kappa shape index (κ1) is 19.8. The van der Waals surface area contributed by atoms with Gasteiger partial charge in [0.15, 0.2) is 0 Å². The van der Waals surface area contributed by atoms with Crippen LogP contribution in [-0.2, 0) is 19.1 Å². The van der Waals surface area contributed by atoms with Crippen molar-refractivity contribution in [3.05, 3.63) is 76.8 Å². The van der Waals surface area contributed by atoms with E-state index in [1.165, 1.54) is 0 Å². The molecule has 0 unspecified atom stereocenters. The van der Waals surface area contributed by atoms with E-state index in [0.29, 0.717) is 21.9 Å². The number of halogens is 1. The van der Waals surface area contributed by atoms with E-state index >= 15 is 0 Å². The van der Waals surface area contributed by atoms with Crippen LogP contribution in [-0.4, -0.2) is 36.4 Å². The van der Waals surface area contributed by atoms with Gasteiger partial charge in [-0.3, -0.25) is 4.99 Å². The quantitative estimate of drug-likeness (QED) is 0.544. The molecular formula is C22H20ClNO4. The van der Waals surface area contributed by atoms with Crippen molar-refractivity contribution in [3.63, 3.8) is 0 Å². The minimum atomic E-state index is -1.91. The Bertz CT molecular complexity index is 915. The van der Waals surface area contributed by atoms with Gasteiger partial charge in [0.1, 0.15) is 0 Å². The summed E-state index contributed by atoms with van der Waals surface area (Å²) < 4.78 is 10.5. The molecule has 144 valence electrons. The van der Waals surface area contributed by atoms with Crippen LogP contribution < -0.4 is 0 Å². The number of rotatable bonds is 6. The van der Waals surface area contributed by atoms with Gasteiger partial charge in [0, 0.05) is 10.6 Å². The highest BCUT2D eigenvalue weighted by Gasteiger charge is 2.55. The maximum absolute atomic E-state index is 13.0. The monoisotopic (exact) mass is 397 g/mol. The lowest BCUT2D eigenvalue weighted by Crippen LogP contribution is -2.47. The van der Waals surface area contributed by atoms with Crippen LogP contribution in [0.3, 0.4) is 0 Å². The molecule has 6 heteroatoms. The summed E-state index contributed by atoms with van der Waals surface area (Å²) in [5, 5.41) is 0.546. The minimum absolute atomic E-state index is 0.115. The fourth-order valence-electron chi connectivity index (χ4n) is 3.06. The zero-order chi connectivity index (χ0) is 20.1. The van der Waals surface area contributed by atoms with Crippen molar-refractivity contribution in [1.29, 1.82) is 0 Å².